The molecule has 0 radical (unpaired) electrons. The van der Waals surface area contributed by atoms with Crippen LogP contribution in [0.4, 0.5) is 8.78 Å². The molecule has 1 aliphatic heterocycles. The van der Waals surface area contributed by atoms with Crippen molar-refractivity contribution in [3.63, 3.8) is 0 Å². The second-order valence-corrected chi connectivity index (χ2v) is 7.02. The van der Waals surface area contributed by atoms with E-state index in [-0.39, 0.29) is 11.8 Å². The molecule has 22 heavy (non-hydrogen) atoms. The topological polar surface area (TPSA) is 51.4 Å². The van der Waals surface area contributed by atoms with Crippen LogP contribution in [0.25, 0.3) is 0 Å². The molecular weight excluding hydrogens is 356 g/mol. The van der Waals surface area contributed by atoms with Crippen molar-refractivity contribution >= 4 is 15.9 Å². The maximum Gasteiger partial charge on any atom is 0.459 e. The highest BCUT2D eigenvalue weighted by Crippen LogP contribution is 2.31. The molecule has 1 saturated heterocycles. The average molecular weight is 378 g/mol. The molecule has 7 heteroatoms. The van der Waals surface area contributed by atoms with Crippen LogP contribution in [-0.2, 0) is 6.54 Å². The third-order valence-corrected chi connectivity index (χ3v) is 4.19. The maximum atomic E-state index is 13.1. The average Bonchev–Trinajstić information content (AvgIpc) is 2.41. The van der Waals surface area contributed by atoms with Crippen molar-refractivity contribution in [1.29, 1.82) is 0 Å². The first-order valence-electron chi connectivity index (χ1n) is 7.44. The molecular formula is C15H22BrF2N3O. The van der Waals surface area contributed by atoms with E-state index in [1.165, 1.54) is 12.3 Å². The second-order valence-electron chi connectivity index (χ2n) is 6.10. The third kappa shape index (κ3) is 4.86. The highest BCUT2D eigenvalue weighted by molar-refractivity contribution is 9.09. The number of aromatic nitrogens is 1. The minimum Gasteiger partial charge on any atom is -0.423 e. The lowest BCUT2D eigenvalue weighted by Crippen LogP contribution is -2.48. The zero-order chi connectivity index (χ0) is 16.3. The lowest BCUT2D eigenvalue weighted by Gasteiger charge is -2.40. The number of ether oxygens (including phenoxy) is 1. The Balaban J connectivity index is 2.15. The predicted octanol–water partition coefficient (Wildman–Crippen LogP) is 3.35. The SMILES string of the molecule is CC(C)C1CC(N)CCN1Cc1cnccc1OC(F)(F)Br. The van der Waals surface area contributed by atoms with Crippen LogP contribution in [0.5, 0.6) is 5.75 Å². The van der Waals surface area contributed by atoms with E-state index in [2.05, 4.69) is 44.4 Å². The molecule has 1 fully saturated rings. The summed E-state index contributed by atoms with van der Waals surface area (Å²) < 4.78 is 30.8. The van der Waals surface area contributed by atoms with Gasteiger partial charge in [0.2, 0.25) is 0 Å². The number of rotatable bonds is 5. The number of likely N-dealkylation sites (tertiary alicyclic amines) is 1. The number of alkyl halides is 3. The van der Waals surface area contributed by atoms with Gasteiger partial charge in [0, 0.05) is 59.1 Å². The molecule has 1 aromatic rings. The van der Waals surface area contributed by atoms with E-state index in [0.717, 1.165) is 19.4 Å². The molecule has 2 rings (SSSR count). The fourth-order valence-corrected chi connectivity index (χ4v) is 3.12. The van der Waals surface area contributed by atoms with Crippen LogP contribution in [-0.4, -0.2) is 33.5 Å². The van der Waals surface area contributed by atoms with E-state index < -0.39 is 5.02 Å². The molecule has 0 aromatic carbocycles. The van der Waals surface area contributed by atoms with Crippen molar-refractivity contribution in [2.24, 2.45) is 11.7 Å². The zero-order valence-electron chi connectivity index (χ0n) is 12.8. The van der Waals surface area contributed by atoms with Crippen LogP contribution in [0.3, 0.4) is 0 Å². The van der Waals surface area contributed by atoms with E-state index in [0.29, 0.717) is 24.1 Å². The van der Waals surface area contributed by atoms with Gasteiger partial charge in [-0.15, -0.1) is 0 Å². The summed E-state index contributed by atoms with van der Waals surface area (Å²) in [7, 11) is 0. The normalized spacial score (nSPS) is 23.8. The van der Waals surface area contributed by atoms with Gasteiger partial charge in [-0.1, -0.05) is 13.8 Å². The number of halogens is 3. The summed E-state index contributed by atoms with van der Waals surface area (Å²) in [6.45, 7) is 5.69. The van der Waals surface area contributed by atoms with Gasteiger partial charge in [0.05, 0.1) is 0 Å². The van der Waals surface area contributed by atoms with Crippen molar-refractivity contribution in [1.82, 2.24) is 9.88 Å². The van der Waals surface area contributed by atoms with Gasteiger partial charge in [0.25, 0.3) is 0 Å². The quantitative estimate of drug-likeness (QED) is 0.799. The van der Waals surface area contributed by atoms with E-state index in [4.69, 9.17) is 5.73 Å². The van der Waals surface area contributed by atoms with Crippen molar-refractivity contribution < 1.29 is 13.5 Å². The van der Waals surface area contributed by atoms with Crippen LogP contribution in [0.15, 0.2) is 18.5 Å². The second kappa shape index (κ2) is 7.19. The minimum absolute atomic E-state index is 0.147. The summed E-state index contributed by atoms with van der Waals surface area (Å²) in [6, 6.07) is 2.01. The Morgan fingerprint density at radius 3 is 2.91 bits per heavy atom. The van der Waals surface area contributed by atoms with Gasteiger partial charge in [-0.3, -0.25) is 9.88 Å². The van der Waals surface area contributed by atoms with Crippen LogP contribution in [0, 0.1) is 5.92 Å². The van der Waals surface area contributed by atoms with Crippen LogP contribution >= 0.6 is 15.9 Å². The predicted molar refractivity (Wildman–Crippen MR) is 85.0 cm³/mol. The number of nitrogens with zero attached hydrogens (tertiary/aromatic N) is 2. The Labute approximate surface area is 138 Å². The molecule has 0 amide bonds. The molecule has 0 spiro atoms. The molecule has 2 heterocycles. The van der Waals surface area contributed by atoms with Gasteiger partial charge in [-0.25, -0.2) is 0 Å². The molecule has 2 N–H and O–H groups in total. The van der Waals surface area contributed by atoms with Gasteiger partial charge in [-0.05, 0) is 24.8 Å². The molecule has 2 atom stereocenters. The minimum atomic E-state index is -3.38. The van der Waals surface area contributed by atoms with Gasteiger partial charge < -0.3 is 10.5 Å². The van der Waals surface area contributed by atoms with Gasteiger partial charge in [0.15, 0.2) is 0 Å². The molecule has 1 aliphatic rings. The van der Waals surface area contributed by atoms with Crippen LogP contribution in [0.2, 0.25) is 0 Å². The van der Waals surface area contributed by atoms with Crippen molar-refractivity contribution in [2.45, 2.75) is 50.3 Å². The first-order chi connectivity index (χ1) is 10.3. The highest BCUT2D eigenvalue weighted by atomic mass is 79.9. The number of pyridine rings is 1. The Morgan fingerprint density at radius 1 is 1.55 bits per heavy atom. The summed E-state index contributed by atoms with van der Waals surface area (Å²) in [6.07, 6.45) is 4.86. The Hall–Kier alpha value is -0.790. The highest BCUT2D eigenvalue weighted by Gasteiger charge is 2.31. The third-order valence-electron chi connectivity index (χ3n) is 4.03. The smallest absolute Gasteiger partial charge is 0.423 e. The molecule has 124 valence electrons. The standard InChI is InChI=1S/C15H22BrF2N3O/c1-10(2)13-7-12(19)4-6-21(13)9-11-8-20-5-3-14(11)22-15(16,17)18/h3,5,8,10,12-13H,4,6-7,9,19H2,1-2H3. The largest absolute Gasteiger partial charge is 0.459 e. The van der Waals surface area contributed by atoms with Crippen LogP contribution < -0.4 is 10.5 Å². The molecule has 1 aromatic heterocycles. The van der Waals surface area contributed by atoms with E-state index >= 15 is 0 Å². The van der Waals surface area contributed by atoms with E-state index in [1.807, 2.05) is 0 Å². The number of piperidine rings is 1. The van der Waals surface area contributed by atoms with Gasteiger partial charge in [0.1, 0.15) is 5.75 Å². The monoisotopic (exact) mass is 377 g/mol. The number of hydrogen-bond donors (Lipinski definition) is 1. The summed E-state index contributed by atoms with van der Waals surface area (Å²) in [5, 5.41) is -3.38. The lowest BCUT2D eigenvalue weighted by molar-refractivity contribution is -0.0813. The molecule has 0 aliphatic carbocycles. The lowest BCUT2D eigenvalue weighted by atomic mass is 9.89. The molecule has 0 bridgehead atoms. The van der Waals surface area contributed by atoms with Crippen molar-refractivity contribution in [3.8, 4) is 5.75 Å². The fraction of sp³-hybridized carbons (Fsp3) is 0.667. The molecule has 2 unspecified atom stereocenters. The first-order valence-corrected chi connectivity index (χ1v) is 8.24. The summed E-state index contributed by atoms with van der Waals surface area (Å²) >= 11 is 2.21. The Morgan fingerprint density at radius 2 is 2.27 bits per heavy atom. The van der Waals surface area contributed by atoms with E-state index in [1.54, 1.807) is 6.20 Å². The molecule has 0 saturated carbocycles. The maximum absolute atomic E-state index is 13.1. The van der Waals surface area contributed by atoms with E-state index in [9.17, 15) is 8.78 Å². The Bertz CT molecular complexity index is 496. The van der Waals surface area contributed by atoms with Crippen molar-refractivity contribution in [2.75, 3.05) is 6.54 Å². The van der Waals surface area contributed by atoms with Gasteiger partial charge in [-0.2, -0.15) is 8.78 Å². The first kappa shape index (κ1) is 17.6. The van der Waals surface area contributed by atoms with Gasteiger partial charge >= 0.3 is 5.02 Å². The van der Waals surface area contributed by atoms with Crippen molar-refractivity contribution in [3.05, 3.63) is 24.0 Å². The Kier molecular flexibility index (Phi) is 5.74. The summed E-state index contributed by atoms with van der Waals surface area (Å²) in [5.41, 5.74) is 6.72. The number of nitrogens with two attached hydrogens (primary N) is 1. The number of hydrogen-bond acceptors (Lipinski definition) is 4. The fourth-order valence-electron chi connectivity index (χ4n) is 2.94. The summed E-state index contributed by atoms with van der Waals surface area (Å²) in [5.74, 6) is 0.597. The summed E-state index contributed by atoms with van der Waals surface area (Å²) in [4.78, 5) is 6.32. The molecule has 4 nitrogen and oxygen atoms in total. The zero-order valence-corrected chi connectivity index (χ0v) is 14.4. The van der Waals surface area contributed by atoms with Crippen LogP contribution in [0.1, 0.15) is 32.3 Å².